The molecule has 1 aromatic rings. The fourth-order valence-corrected chi connectivity index (χ4v) is 6.77. The first kappa shape index (κ1) is 16.9. The maximum atomic E-state index is 12.6. The van der Waals surface area contributed by atoms with Crippen LogP contribution in [0, 0.1) is 0 Å². The minimum Gasteiger partial charge on any atom is -0.508 e. The molecule has 1 atom stereocenters. The Morgan fingerprint density at radius 2 is 1.91 bits per heavy atom. The lowest BCUT2D eigenvalue weighted by molar-refractivity contribution is -0.124. The summed E-state index contributed by atoms with van der Waals surface area (Å²) in [6.07, 6.45) is 6.19. The molecule has 0 aliphatic heterocycles. The molecule has 23 heavy (non-hydrogen) atoms. The van der Waals surface area contributed by atoms with Gasteiger partial charge in [0.25, 0.3) is 0 Å². The normalized spacial score (nSPS) is 21.7. The van der Waals surface area contributed by atoms with Crippen molar-refractivity contribution in [1.82, 2.24) is 5.09 Å². The highest BCUT2D eigenvalue weighted by Crippen LogP contribution is 2.59. The van der Waals surface area contributed by atoms with Crippen molar-refractivity contribution in [2.75, 3.05) is 0 Å². The number of phenolic OH excluding ortho intramolecular Hbond substituents is 1. The molecule has 0 saturated heterocycles. The molecule has 0 spiro atoms. The molecule has 0 heterocycles. The lowest BCUT2D eigenvalue weighted by atomic mass is 9.92. The van der Waals surface area contributed by atoms with Crippen molar-refractivity contribution in [3.8, 4) is 11.5 Å². The lowest BCUT2D eigenvalue weighted by Gasteiger charge is -2.34. The van der Waals surface area contributed by atoms with Gasteiger partial charge in [-0.05, 0) is 66.5 Å². The molecule has 0 aromatic heterocycles. The van der Waals surface area contributed by atoms with E-state index in [1.54, 1.807) is 24.3 Å². The lowest BCUT2D eigenvalue weighted by Crippen LogP contribution is -2.48. The highest BCUT2D eigenvalue weighted by Gasteiger charge is 2.45. The third-order valence-corrected chi connectivity index (χ3v) is 8.23. The zero-order valence-corrected chi connectivity index (χ0v) is 15.0. The maximum Gasteiger partial charge on any atom is 0.203 e. The molecule has 0 amide bonds. The van der Waals surface area contributed by atoms with Gasteiger partial charge in [-0.15, -0.1) is 0 Å². The predicted octanol–water partition coefficient (Wildman–Crippen LogP) is 4.62. The van der Waals surface area contributed by atoms with Crippen LogP contribution in [0.1, 0.15) is 51.9 Å². The number of aromatic hydroxyl groups is 1. The van der Waals surface area contributed by atoms with Gasteiger partial charge in [-0.3, -0.25) is 4.79 Å². The summed E-state index contributed by atoms with van der Waals surface area (Å²) in [5, 5.41) is 14.1. The molecule has 0 radical (unpaired) electrons. The van der Waals surface area contributed by atoms with E-state index in [-0.39, 0.29) is 11.5 Å². The molecule has 2 N–H and O–H groups in total. The molecule has 6 heteroatoms. The van der Waals surface area contributed by atoms with Gasteiger partial charge < -0.3 is 9.63 Å². The number of Topliss-reactive ketones (excluding diaryl/α,β-unsaturated/α-hetero) is 1. The van der Waals surface area contributed by atoms with E-state index < -0.39 is 12.2 Å². The van der Waals surface area contributed by atoms with Crippen molar-refractivity contribution >= 4 is 28.9 Å². The Hall–Kier alpha value is -0.960. The zero-order valence-electron chi connectivity index (χ0n) is 13.3. The Balaban J connectivity index is 1.88. The van der Waals surface area contributed by atoms with Gasteiger partial charge in [0.1, 0.15) is 11.5 Å². The minimum atomic E-state index is -2.51. The highest BCUT2D eigenvalue weighted by molar-refractivity contribution is 7.94. The molecule has 2 aliphatic rings. The number of benzene rings is 1. The van der Waals surface area contributed by atoms with Crippen LogP contribution in [-0.4, -0.2) is 21.7 Å². The summed E-state index contributed by atoms with van der Waals surface area (Å²) in [5.41, 5.74) is -0.531. The molecule has 2 fully saturated rings. The molecular weight excluding hydrogens is 333 g/mol. The molecule has 1 unspecified atom stereocenters. The summed E-state index contributed by atoms with van der Waals surface area (Å²) >= 11 is 6.91. The number of ketones is 1. The Bertz CT molecular complexity index is 644. The average Bonchev–Trinajstić information content (AvgIpc) is 3.30. The van der Waals surface area contributed by atoms with Gasteiger partial charge in [-0.25, -0.2) is 5.09 Å². The van der Waals surface area contributed by atoms with Crippen LogP contribution in [0.25, 0.3) is 0 Å². The van der Waals surface area contributed by atoms with Crippen LogP contribution in [0.5, 0.6) is 11.5 Å². The first-order valence-corrected chi connectivity index (χ1v) is 10.8. The molecule has 4 nitrogen and oxygen atoms in total. The van der Waals surface area contributed by atoms with Crippen LogP contribution in [-0.2, 0) is 4.79 Å². The van der Waals surface area contributed by atoms with E-state index in [0.717, 1.165) is 38.5 Å². The number of carbonyl (C=O) groups is 1. The van der Waals surface area contributed by atoms with Crippen LogP contribution in [0.2, 0.25) is 0 Å². The minimum absolute atomic E-state index is 0.191. The molecular formula is C17H23ClNO3P. The number of halogens is 1. The van der Waals surface area contributed by atoms with Crippen LogP contribution in [0.3, 0.4) is 0 Å². The van der Waals surface area contributed by atoms with Gasteiger partial charge in [0.2, 0.25) is 6.62 Å². The smallest absolute Gasteiger partial charge is 0.203 e. The molecule has 0 bridgehead atoms. The number of nitrogens with one attached hydrogen (secondary N) is 1. The van der Waals surface area contributed by atoms with Crippen LogP contribution < -0.4 is 9.61 Å². The average molecular weight is 356 g/mol. The molecule has 1 aromatic carbocycles. The van der Waals surface area contributed by atoms with E-state index in [1.807, 2.05) is 6.92 Å². The quantitative estimate of drug-likeness (QED) is 0.731. The predicted molar refractivity (Wildman–Crippen MR) is 95.4 cm³/mol. The SMILES string of the molecule is CCC(=O)C1(NP(Cl)(Oc2ccc(O)cc2)=C2CC2)CCCC1. The van der Waals surface area contributed by atoms with E-state index in [0.29, 0.717) is 12.2 Å². The summed E-state index contributed by atoms with van der Waals surface area (Å²) in [6.45, 7) is -0.606. The van der Waals surface area contributed by atoms with E-state index in [4.69, 9.17) is 15.8 Å². The summed E-state index contributed by atoms with van der Waals surface area (Å²) in [4.78, 5) is 12.6. The molecule has 126 valence electrons. The Labute approximate surface area is 142 Å². The van der Waals surface area contributed by atoms with Crippen LogP contribution >= 0.6 is 17.9 Å². The largest absolute Gasteiger partial charge is 0.508 e. The van der Waals surface area contributed by atoms with E-state index in [2.05, 4.69) is 5.09 Å². The second-order valence-corrected chi connectivity index (χ2v) is 9.89. The van der Waals surface area contributed by atoms with Crippen LogP contribution in [0.15, 0.2) is 24.3 Å². The third-order valence-electron chi connectivity index (χ3n) is 4.62. The summed E-state index contributed by atoms with van der Waals surface area (Å²) in [6, 6.07) is 6.58. The van der Waals surface area contributed by atoms with Crippen molar-refractivity contribution in [2.24, 2.45) is 0 Å². The molecule has 2 saturated carbocycles. The van der Waals surface area contributed by atoms with E-state index in [1.165, 1.54) is 5.29 Å². The number of phenols is 1. The van der Waals surface area contributed by atoms with Crippen molar-refractivity contribution in [1.29, 1.82) is 0 Å². The number of hydrogen-bond donors (Lipinski definition) is 2. The summed E-state index contributed by atoms with van der Waals surface area (Å²) in [5.74, 6) is 1.04. The van der Waals surface area contributed by atoms with Crippen LogP contribution in [0.4, 0.5) is 0 Å². The standard InChI is InChI=1S/C17H23ClNO3P/c1-2-16(21)17(11-3-4-12-17)19-23(18,15-9-10-15)22-14-7-5-13(20)6-8-14/h5-8,19-20H,2-4,9-12H2,1H3. The topological polar surface area (TPSA) is 58.6 Å². The zero-order chi connectivity index (χ0) is 16.5. The second kappa shape index (κ2) is 6.51. The first-order chi connectivity index (χ1) is 11.0. The fraction of sp³-hybridized carbons (Fsp3) is 0.529. The number of carbonyl (C=O) groups excluding carboxylic acids is 1. The summed E-state index contributed by atoms with van der Waals surface area (Å²) in [7, 11) is 0. The highest BCUT2D eigenvalue weighted by atomic mass is 35.7. The monoisotopic (exact) mass is 355 g/mol. The van der Waals surface area contributed by atoms with Gasteiger partial charge in [-0.2, -0.15) is 0 Å². The first-order valence-electron chi connectivity index (χ1n) is 8.23. The fourth-order valence-electron chi connectivity index (χ4n) is 3.21. The summed E-state index contributed by atoms with van der Waals surface area (Å²) < 4.78 is 6.13. The van der Waals surface area contributed by atoms with Gasteiger partial charge in [0, 0.05) is 6.42 Å². The van der Waals surface area contributed by atoms with Gasteiger partial charge in [-0.1, -0.05) is 19.8 Å². The van der Waals surface area contributed by atoms with Crippen molar-refractivity contribution in [2.45, 2.75) is 57.4 Å². The molecule has 3 rings (SSSR count). The number of hydrogen-bond acceptors (Lipinski definition) is 4. The Morgan fingerprint density at radius 3 is 2.43 bits per heavy atom. The van der Waals surface area contributed by atoms with Crippen molar-refractivity contribution < 1.29 is 14.4 Å². The van der Waals surface area contributed by atoms with Gasteiger partial charge in [0.15, 0.2) is 5.78 Å². The van der Waals surface area contributed by atoms with E-state index >= 15 is 0 Å². The number of rotatable bonds is 6. The maximum absolute atomic E-state index is 12.6. The Morgan fingerprint density at radius 1 is 1.30 bits per heavy atom. The third kappa shape index (κ3) is 3.60. The van der Waals surface area contributed by atoms with Gasteiger partial charge in [0.05, 0.1) is 5.54 Å². The van der Waals surface area contributed by atoms with Crippen molar-refractivity contribution in [3.63, 3.8) is 0 Å². The van der Waals surface area contributed by atoms with Crippen molar-refractivity contribution in [3.05, 3.63) is 24.3 Å². The second-order valence-electron chi connectivity index (χ2n) is 6.36. The van der Waals surface area contributed by atoms with E-state index in [9.17, 15) is 9.90 Å². The van der Waals surface area contributed by atoms with Gasteiger partial charge >= 0.3 is 0 Å². The molecule has 2 aliphatic carbocycles. The Kier molecular flexibility index (Phi) is 4.78.